The Hall–Kier alpha value is -0.570. The van der Waals surface area contributed by atoms with Crippen LogP contribution in [0.4, 0.5) is 0 Å². The average Bonchev–Trinajstić information content (AvgIpc) is 1.97. The van der Waals surface area contributed by atoms with Crippen molar-refractivity contribution >= 4 is 5.91 Å². The molecule has 1 heterocycles. The normalized spacial score (nSPS) is 27.4. The number of nitrogens with zero attached hydrogens (tertiary/aromatic N) is 1. The summed E-state index contributed by atoms with van der Waals surface area (Å²) >= 11 is 0. The summed E-state index contributed by atoms with van der Waals surface area (Å²) in [5.41, 5.74) is 5.65. The van der Waals surface area contributed by atoms with E-state index in [1.807, 2.05) is 11.8 Å². The topological polar surface area (TPSA) is 46.3 Å². The van der Waals surface area contributed by atoms with Crippen molar-refractivity contribution in [1.82, 2.24) is 4.90 Å². The van der Waals surface area contributed by atoms with Gasteiger partial charge >= 0.3 is 0 Å². The Balaban J connectivity index is 2.51. The van der Waals surface area contributed by atoms with Gasteiger partial charge in [0.2, 0.25) is 5.91 Å². The second kappa shape index (κ2) is 3.90. The van der Waals surface area contributed by atoms with Gasteiger partial charge in [-0.2, -0.15) is 0 Å². The van der Waals surface area contributed by atoms with Crippen LogP contribution in [0.2, 0.25) is 0 Å². The zero-order valence-electron chi connectivity index (χ0n) is 7.92. The van der Waals surface area contributed by atoms with E-state index < -0.39 is 0 Å². The highest BCUT2D eigenvalue weighted by atomic mass is 16.2. The van der Waals surface area contributed by atoms with E-state index in [1.54, 1.807) is 0 Å². The Morgan fingerprint density at radius 3 is 2.92 bits per heavy atom. The molecule has 1 aliphatic rings. The number of hydrogen-bond donors (Lipinski definition) is 1. The highest BCUT2D eigenvalue weighted by Gasteiger charge is 2.24. The van der Waals surface area contributed by atoms with Gasteiger partial charge in [0.05, 0.1) is 0 Å². The summed E-state index contributed by atoms with van der Waals surface area (Å²) in [6.45, 7) is 4.74. The van der Waals surface area contributed by atoms with Gasteiger partial charge in [0.1, 0.15) is 0 Å². The molecule has 0 saturated carbocycles. The molecule has 1 aliphatic heterocycles. The van der Waals surface area contributed by atoms with Crippen molar-refractivity contribution in [3.63, 3.8) is 0 Å². The van der Waals surface area contributed by atoms with Crippen LogP contribution in [0.15, 0.2) is 0 Å². The zero-order chi connectivity index (χ0) is 9.14. The molecular weight excluding hydrogens is 152 g/mol. The standard InChI is InChI=1S/C9H18N2O/c1-7(10)6-11-8(2)4-3-5-9(11)12/h7-8H,3-6,10H2,1-2H3. The summed E-state index contributed by atoms with van der Waals surface area (Å²) in [5.74, 6) is 0.269. The molecule has 3 nitrogen and oxygen atoms in total. The van der Waals surface area contributed by atoms with Crippen molar-refractivity contribution in [1.29, 1.82) is 0 Å². The van der Waals surface area contributed by atoms with E-state index in [9.17, 15) is 4.79 Å². The van der Waals surface area contributed by atoms with Crippen LogP contribution in [0.5, 0.6) is 0 Å². The highest BCUT2D eigenvalue weighted by molar-refractivity contribution is 5.77. The number of likely N-dealkylation sites (tertiary alicyclic amines) is 1. The maximum Gasteiger partial charge on any atom is 0.222 e. The smallest absolute Gasteiger partial charge is 0.222 e. The Morgan fingerprint density at radius 1 is 1.75 bits per heavy atom. The SMILES string of the molecule is CC(N)CN1C(=O)CCCC1C. The Morgan fingerprint density at radius 2 is 2.42 bits per heavy atom. The molecule has 0 aromatic rings. The van der Waals surface area contributed by atoms with Crippen LogP contribution in [0.25, 0.3) is 0 Å². The molecule has 2 atom stereocenters. The van der Waals surface area contributed by atoms with Gasteiger partial charge in [-0.15, -0.1) is 0 Å². The molecule has 0 aromatic heterocycles. The molecule has 0 spiro atoms. The second-order valence-electron chi connectivity index (χ2n) is 3.76. The lowest BCUT2D eigenvalue weighted by molar-refractivity contribution is -0.136. The van der Waals surface area contributed by atoms with E-state index in [2.05, 4.69) is 6.92 Å². The van der Waals surface area contributed by atoms with Crippen LogP contribution in [0, 0.1) is 0 Å². The summed E-state index contributed by atoms with van der Waals surface area (Å²) in [6.07, 6.45) is 2.87. The predicted molar refractivity (Wildman–Crippen MR) is 48.7 cm³/mol. The fraction of sp³-hybridized carbons (Fsp3) is 0.889. The number of piperidine rings is 1. The van der Waals surface area contributed by atoms with E-state index in [1.165, 1.54) is 0 Å². The molecule has 1 saturated heterocycles. The Kier molecular flexibility index (Phi) is 3.09. The first-order chi connectivity index (χ1) is 5.61. The quantitative estimate of drug-likeness (QED) is 0.664. The van der Waals surface area contributed by atoms with E-state index in [0.29, 0.717) is 19.0 Å². The fourth-order valence-electron chi connectivity index (χ4n) is 1.69. The third kappa shape index (κ3) is 2.21. The lowest BCUT2D eigenvalue weighted by atomic mass is 10.0. The summed E-state index contributed by atoms with van der Waals surface area (Å²) < 4.78 is 0. The zero-order valence-corrected chi connectivity index (χ0v) is 7.92. The van der Waals surface area contributed by atoms with Gasteiger partial charge in [-0.05, 0) is 26.7 Å². The average molecular weight is 170 g/mol. The molecule has 0 radical (unpaired) electrons. The van der Waals surface area contributed by atoms with Crippen LogP contribution < -0.4 is 5.73 Å². The minimum atomic E-state index is 0.0921. The van der Waals surface area contributed by atoms with Crippen LogP contribution in [-0.2, 0) is 4.79 Å². The van der Waals surface area contributed by atoms with Crippen molar-refractivity contribution in [2.45, 2.75) is 45.2 Å². The van der Waals surface area contributed by atoms with Crippen molar-refractivity contribution in [3.8, 4) is 0 Å². The third-order valence-corrected chi connectivity index (χ3v) is 2.35. The van der Waals surface area contributed by atoms with Gasteiger partial charge in [-0.3, -0.25) is 4.79 Å². The minimum absolute atomic E-state index is 0.0921. The molecule has 12 heavy (non-hydrogen) atoms. The number of amides is 1. The van der Waals surface area contributed by atoms with Gasteiger partial charge in [0.25, 0.3) is 0 Å². The van der Waals surface area contributed by atoms with E-state index >= 15 is 0 Å². The lowest BCUT2D eigenvalue weighted by Gasteiger charge is -2.34. The molecule has 2 unspecified atom stereocenters. The number of nitrogens with two attached hydrogens (primary N) is 1. The van der Waals surface area contributed by atoms with Crippen LogP contribution in [0.3, 0.4) is 0 Å². The summed E-state index contributed by atoms with van der Waals surface area (Å²) in [6, 6.07) is 0.478. The monoisotopic (exact) mass is 170 g/mol. The molecule has 1 fully saturated rings. The van der Waals surface area contributed by atoms with Crippen molar-refractivity contribution in [2.24, 2.45) is 5.73 Å². The van der Waals surface area contributed by atoms with Gasteiger partial charge in [0, 0.05) is 25.0 Å². The van der Waals surface area contributed by atoms with Gasteiger partial charge in [-0.25, -0.2) is 0 Å². The fourth-order valence-corrected chi connectivity index (χ4v) is 1.69. The maximum atomic E-state index is 11.4. The second-order valence-corrected chi connectivity index (χ2v) is 3.76. The number of carbonyl (C=O) groups excluding carboxylic acids is 1. The van der Waals surface area contributed by atoms with Crippen molar-refractivity contribution in [3.05, 3.63) is 0 Å². The molecule has 3 heteroatoms. The van der Waals surface area contributed by atoms with Crippen LogP contribution >= 0.6 is 0 Å². The molecule has 1 amide bonds. The molecule has 70 valence electrons. The maximum absolute atomic E-state index is 11.4. The number of rotatable bonds is 2. The molecule has 0 aliphatic carbocycles. The van der Waals surface area contributed by atoms with Crippen molar-refractivity contribution in [2.75, 3.05) is 6.54 Å². The molecule has 1 rings (SSSR count). The van der Waals surface area contributed by atoms with Crippen LogP contribution in [0.1, 0.15) is 33.1 Å². The first kappa shape index (κ1) is 9.52. The molecule has 0 aromatic carbocycles. The molecule has 2 N–H and O–H groups in total. The Bertz CT molecular complexity index is 168. The minimum Gasteiger partial charge on any atom is -0.338 e. The van der Waals surface area contributed by atoms with Gasteiger partial charge in [-0.1, -0.05) is 0 Å². The predicted octanol–water partition coefficient (Wildman–Crippen LogP) is 0.735. The molecule has 0 bridgehead atoms. The number of hydrogen-bond acceptors (Lipinski definition) is 2. The summed E-state index contributed by atoms with van der Waals surface area (Å²) in [7, 11) is 0. The third-order valence-electron chi connectivity index (χ3n) is 2.35. The largest absolute Gasteiger partial charge is 0.338 e. The Labute approximate surface area is 73.9 Å². The van der Waals surface area contributed by atoms with Crippen molar-refractivity contribution < 1.29 is 4.79 Å². The first-order valence-corrected chi connectivity index (χ1v) is 4.66. The lowest BCUT2D eigenvalue weighted by Crippen LogP contribution is -2.47. The van der Waals surface area contributed by atoms with E-state index in [0.717, 1.165) is 12.8 Å². The summed E-state index contributed by atoms with van der Waals surface area (Å²) in [4.78, 5) is 13.3. The van der Waals surface area contributed by atoms with E-state index in [4.69, 9.17) is 5.73 Å². The first-order valence-electron chi connectivity index (χ1n) is 4.66. The highest BCUT2D eigenvalue weighted by Crippen LogP contribution is 2.17. The summed E-state index contributed by atoms with van der Waals surface area (Å²) in [5, 5.41) is 0. The van der Waals surface area contributed by atoms with Crippen LogP contribution in [-0.4, -0.2) is 29.4 Å². The van der Waals surface area contributed by atoms with E-state index in [-0.39, 0.29) is 11.9 Å². The molecular formula is C9H18N2O. The van der Waals surface area contributed by atoms with Gasteiger partial charge < -0.3 is 10.6 Å². The van der Waals surface area contributed by atoms with Gasteiger partial charge in [0.15, 0.2) is 0 Å². The number of carbonyl (C=O) groups is 1.